The maximum absolute atomic E-state index is 12.7. The molecule has 6 heterocycles. The minimum Gasteiger partial charge on any atom is -0.481 e. The van der Waals surface area contributed by atoms with Gasteiger partial charge in [-0.2, -0.15) is 4.98 Å². The van der Waals surface area contributed by atoms with Crippen LogP contribution in [0.2, 0.25) is 0 Å². The summed E-state index contributed by atoms with van der Waals surface area (Å²) < 4.78 is 18.3. The molecule has 1 amide bonds. The molecule has 3 aromatic rings. The average Bonchev–Trinajstić information content (AvgIpc) is 2.94. The van der Waals surface area contributed by atoms with Crippen molar-refractivity contribution in [2.24, 2.45) is 0 Å². The highest BCUT2D eigenvalue weighted by Gasteiger charge is 2.53. The van der Waals surface area contributed by atoms with E-state index in [1.54, 1.807) is 12.1 Å². The second kappa shape index (κ2) is 9.05. The molecule has 37 heavy (non-hydrogen) atoms. The molecule has 1 saturated carbocycles. The Morgan fingerprint density at radius 1 is 1.19 bits per heavy atom. The Balaban J connectivity index is 1.13. The van der Waals surface area contributed by atoms with Gasteiger partial charge in [-0.3, -0.25) is 14.2 Å². The Hall–Kier alpha value is -3.61. The molecule has 3 aromatic heterocycles. The number of fused-ring (bicyclic) bond motifs is 5. The van der Waals surface area contributed by atoms with Crippen LogP contribution in [-0.4, -0.2) is 68.1 Å². The Labute approximate surface area is 212 Å². The quantitative estimate of drug-likeness (QED) is 0.417. The minimum absolute atomic E-state index is 0.00292. The van der Waals surface area contributed by atoms with Crippen molar-refractivity contribution in [3.05, 3.63) is 46.5 Å². The summed E-state index contributed by atoms with van der Waals surface area (Å²) in [6.07, 6.45) is 3.27. The molecule has 3 N–H and O–H groups in total. The first-order valence-corrected chi connectivity index (χ1v) is 12.3. The lowest BCUT2D eigenvalue weighted by molar-refractivity contribution is -0.211. The molecule has 3 fully saturated rings. The molecule has 2 saturated heterocycles. The minimum atomic E-state index is -0.895. The molecular weight excluding hydrogens is 480 g/mol. The SMILES string of the molecule is COc1ccc2ncc(=O)n(CC(O)C34CCC(NCc5ccc6c(n5)NC(=O)CO6)(CC3)CO4)c2n1. The average molecular weight is 509 g/mol. The second-order valence-electron chi connectivity index (χ2n) is 9.89. The molecule has 194 valence electrons. The lowest BCUT2D eigenvalue weighted by Gasteiger charge is -2.55. The van der Waals surface area contributed by atoms with Gasteiger partial charge >= 0.3 is 0 Å². The number of hydrogen-bond acceptors (Lipinski definition) is 10. The van der Waals surface area contributed by atoms with Crippen LogP contribution in [0.25, 0.3) is 11.2 Å². The molecule has 1 atom stereocenters. The van der Waals surface area contributed by atoms with Gasteiger partial charge in [0, 0.05) is 18.2 Å². The molecular formula is C25H28N6O6. The van der Waals surface area contributed by atoms with Crippen LogP contribution in [0.4, 0.5) is 5.82 Å². The molecule has 1 unspecified atom stereocenters. The molecule has 12 heteroatoms. The predicted octanol–water partition coefficient (Wildman–Crippen LogP) is 0.758. The molecule has 3 aliphatic heterocycles. The summed E-state index contributed by atoms with van der Waals surface area (Å²) in [6, 6.07) is 7.10. The standard InChI is InChI=1S/C25H28N6O6/c1-35-20-5-3-16-23(30-20)31(21(34)11-26-16)12-18(32)25-8-6-24(7-9-25,14-37-25)27-10-15-2-4-17-22(28-15)29-19(33)13-36-17/h2-5,11,18,27,32H,6-10,12-14H2,1H3,(H,28,29,33). The van der Waals surface area contributed by atoms with Crippen molar-refractivity contribution in [2.45, 2.75) is 56.0 Å². The highest BCUT2D eigenvalue weighted by molar-refractivity contribution is 5.94. The normalized spacial score (nSPS) is 25.3. The summed E-state index contributed by atoms with van der Waals surface area (Å²) in [5, 5.41) is 17.6. The number of carbonyl (C=O) groups excluding carboxylic acids is 1. The summed E-state index contributed by atoms with van der Waals surface area (Å²) in [6.45, 7) is 0.989. The number of ether oxygens (including phenoxy) is 3. The Morgan fingerprint density at radius 2 is 2.03 bits per heavy atom. The van der Waals surface area contributed by atoms with Gasteiger partial charge in [-0.15, -0.1) is 0 Å². The molecule has 2 bridgehead atoms. The number of rotatable bonds is 7. The smallest absolute Gasteiger partial charge is 0.270 e. The first kappa shape index (κ1) is 23.8. The van der Waals surface area contributed by atoms with E-state index in [0.29, 0.717) is 54.6 Å². The van der Waals surface area contributed by atoms with E-state index in [9.17, 15) is 14.7 Å². The van der Waals surface area contributed by atoms with Gasteiger partial charge in [-0.1, -0.05) is 0 Å². The number of nitrogens with zero attached hydrogens (tertiary/aromatic N) is 4. The Kier molecular flexibility index (Phi) is 5.81. The fourth-order valence-corrected chi connectivity index (χ4v) is 5.41. The van der Waals surface area contributed by atoms with Crippen molar-refractivity contribution in [2.75, 3.05) is 25.6 Å². The van der Waals surface area contributed by atoms with E-state index >= 15 is 0 Å². The van der Waals surface area contributed by atoms with Crippen molar-refractivity contribution in [1.82, 2.24) is 24.8 Å². The summed E-state index contributed by atoms with van der Waals surface area (Å²) in [4.78, 5) is 37.3. The number of aromatic nitrogens is 4. The van der Waals surface area contributed by atoms with E-state index in [4.69, 9.17) is 14.2 Å². The van der Waals surface area contributed by atoms with Gasteiger partial charge in [0.15, 0.2) is 23.8 Å². The van der Waals surface area contributed by atoms with Gasteiger partial charge in [0.25, 0.3) is 11.5 Å². The molecule has 0 radical (unpaired) electrons. The Morgan fingerprint density at radius 3 is 2.78 bits per heavy atom. The molecule has 0 spiro atoms. The highest BCUT2D eigenvalue weighted by Crippen LogP contribution is 2.46. The third kappa shape index (κ3) is 4.30. The van der Waals surface area contributed by atoms with Crippen LogP contribution in [0.1, 0.15) is 31.4 Å². The number of methoxy groups -OCH3 is 1. The van der Waals surface area contributed by atoms with E-state index < -0.39 is 11.7 Å². The summed E-state index contributed by atoms with van der Waals surface area (Å²) in [5.41, 5.74) is 0.392. The monoisotopic (exact) mass is 508 g/mol. The van der Waals surface area contributed by atoms with E-state index in [1.165, 1.54) is 17.9 Å². The number of aliphatic hydroxyl groups excluding tert-OH is 1. The summed E-state index contributed by atoms with van der Waals surface area (Å²) in [5.74, 6) is 1.15. The molecule has 12 nitrogen and oxygen atoms in total. The van der Waals surface area contributed by atoms with Gasteiger partial charge in [-0.05, 0) is 43.9 Å². The molecule has 0 aromatic carbocycles. The fourth-order valence-electron chi connectivity index (χ4n) is 5.41. The molecule has 4 aliphatic rings. The van der Waals surface area contributed by atoms with Crippen LogP contribution in [0.5, 0.6) is 11.6 Å². The second-order valence-corrected chi connectivity index (χ2v) is 9.89. The van der Waals surface area contributed by atoms with Gasteiger partial charge < -0.3 is 30.0 Å². The maximum atomic E-state index is 12.7. The maximum Gasteiger partial charge on any atom is 0.270 e. The third-order valence-corrected chi connectivity index (χ3v) is 7.70. The van der Waals surface area contributed by atoms with Gasteiger partial charge in [0.2, 0.25) is 5.88 Å². The van der Waals surface area contributed by atoms with Crippen LogP contribution in [0.3, 0.4) is 0 Å². The summed E-state index contributed by atoms with van der Waals surface area (Å²) >= 11 is 0. The first-order chi connectivity index (χ1) is 17.9. The molecule has 1 aliphatic carbocycles. The number of anilines is 1. The molecule has 7 rings (SSSR count). The van der Waals surface area contributed by atoms with Gasteiger partial charge in [0.05, 0.1) is 37.8 Å². The fraction of sp³-hybridized carbons (Fsp3) is 0.480. The van der Waals surface area contributed by atoms with Crippen LogP contribution in [0, 0.1) is 0 Å². The van der Waals surface area contributed by atoms with Crippen molar-refractivity contribution in [3.8, 4) is 11.6 Å². The van der Waals surface area contributed by atoms with Crippen molar-refractivity contribution < 1.29 is 24.1 Å². The van der Waals surface area contributed by atoms with Crippen LogP contribution >= 0.6 is 0 Å². The predicted molar refractivity (Wildman–Crippen MR) is 131 cm³/mol. The zero-order valence-corrected chi connectivity index (χ0v) is 20.4. The number of aliphatic hydroxyl groups is 1. The van der Waals surface area contributed by atoms with Gasteiger partial charge in [0.1, 0.15) is 11.6 Å². The summed E-state index contributed by atoms with van der Waals surface area (Å²) in [7, 11) is 1.51. The van der Waals surface area contributed by atoms with E-state index in [-0.39, 0.29) is 30.2 Å². The number of carbonyl (C=O) groups is 1. The van der Waals surface area contributed by atoms with Gasteiger partial charge in [-0.25, -0.2) is 9.97 Å². The van der Waals surface area contributed by atoms with E-state index in [2.05, 4.69) is 25.6 Å². The number of amides is 1. The largest absolute Gasteiger partial charge is 0.481 e. The van der Waals surface area contributed by atoms with Crippen molar-refractivity contribution in [1.29, 1.82) is 0 Å². The van der Waals surface area contributed by atoms with Crippen molar-refractivity contribution >= 4 is 22.9 Å². The Bertz CT molecular complexity index is 1400. The topological polar surface area (TPSA) is 150 Å². The number of pyridine rings is 2. The van der Waals surface area contributed by atoms with Crippen LogP contribution < -0.4 is 25.7 Å². The number of hydrogen-bond donors (Lipinski definition) is 3. The van der Waals surface area contributed by atoms with E-state index in [0.717, 1.165) is 18.5 Å². The first-order valence-electron chi connectivity index (χ1n) is 12.3. The lowest BCUT2D eigenvalue weighted by atomic mass is 9.69. The number of nitrogens with one attached hydrogen (secondary N) is 2. The van der Waals surface area contributed by atoms with Crippen LogP contribution in [-0.2, 0) is 22.6 Å². The zero-order valence-electron chi connectivity index (χ0n) is 20.4. The lowest BCUT2D eigenvalue weighted by Crippen LogP contribution is -2.65. The van der Waals surface area contributed by atoms with E-state index in [1.807, 2.05) is 12.1 Å². The van der Waals surface area contributed by atoms with Crippen LogP contribution in [0.15, 0.2) is 35.3 Å². The van der Waals surface area contributed by atoms with Crippen molar-refractivity contribution in [3.63, 3.8) is 0 Å². The highest BCUT2D eigenvalue weighted by atomic mass is 16.5. The third-order valence-electron chi connectivity index (χ3n) is 7.70. The zero-order chi connectivity index (χ0) is 25.6.